The third-order valence-corrected chi connectivity index (χ3v) is 2.01. The van der Waals surface area contributed by atoms with Gasteiger partial charge in [0.15, 0.2) is 5.78 Å². The van der Waals surface area contributed by atoms with E-state index in [9.17, 15) is 4.79 Å². The molecule has 0 bridgehead atoms. The van der Waals surface area contributed by atoms with Crippen LogP contribution in [0, 0.1) is 0 Å². The van der Waals surface area contributed by atoms with Crippen LogP contribution in [-0.2, 0) is 0 Å². The van der Waals surface area contributed by atoms with Gasteiger partial charge in [0.2, 0.25) is 0 Å². The second-order valence-corrected chi connectivity index (χ2v) is 3.12. The lowest BCUT2D eigenvalue weighted by Gasteiger charge is -2.07. The number of carbonyl (C=O) groups is 1. The first kappa shape index (κ1) is 9.99. The maximum atomic E-state index is 11.5. The molecule has 3 heteroatoms. The van der Waals surface area contributed by atoms with Gasteiger partial charge in [-0.2, -0.15) is 0 Å². The van der Waals surface area contributed by atoms with Crippen LogP contribution in [0.25, 0.3) is 0 Å². The highest BCUT2D eigenvalue weighted by molar-refractivity contribution is 5.99. The van der Waals surface area contributed by atoms with E-state index < -0.39 is 0 Å². The van der Waals surface area contributed by atoms with Gasteiger partial charge < -0.3 is 10.2 Å². The monoisotopic (exact) mass is 181 g/mol. The van der Waals surface area contributed by atoms with E-state index >= 15 is 0 Å². The van der Waals surface area contributed by atoms with Gasteiger partial charge in [0.05, 0.1) is 17.9 Å². The summed E-state index contributed by atoms with van der Waals surface area (Å²) in [5.74, 6) is -0.0257. The molecule has 72 valence electrons. The van der Waals surface area contributed by atoms with Crippen molar-refractivity contribution in [2.24, 2.45) is 5.73 Å². The van der Waals surface area contributed by atoms with Crippen molar-refractivity contribution in [1.82, 2.24) is 0 Å². The second kappa shape index (κ2) is 4.82. The standard InChI is InChI=1S/C10H15NO2/c1-2-3-4-9(11)10(12)8-5-6-13-7-8/h5-7,9H,2-4,11H2,1H3. The van der Waals surface area contributed by atoms with Crippen molar-refractivity contribution in [3.8, 4) is 0 Å². The van der Waals surface area contributed by atoms with Crippen LogP contribution in [-0.4, -0.2) is 11.8 Å². The predicted octanol–water partition coefficient (Wildman–Crippen LogP) is 1.98. The molecular formula is C10H15NO2. The SMILES string of the molecule is CCCCC(N)C(=O)c1ccoc1. The maximum Gasteiger partial charge on any atom is 0.182 e. The Kier molecular flexibility index (Phi) is 3.71. The number of nitrogens with two attached hydrogens (primary N) is 1. The largest absolute Gasteiger partial charge is 0.472 e. The van der Waals surface area contributed by atoms with Gasteiger partial charge in [-0.15, -0.1) is 0 Å². The number of Topliss-reactive ketones (excluding diaryl/α,β-unsaturated/α-hetero) is 1. The Balaban J connectivity index is 2.48. The lowest BCUT2D eigenvalue weighted by Crippen LogP contribution is -2.30. The highest BCUT2D eigenvalue weighted by Gasteiger charge is 2.15. The van der Waals surface area contributed by atoms with E-state index in [4.69, 9.17) is 10.2 Å². The molecule has 0 spiro atoms. The lowest BCUT2D eigenvalue weighted by atomic mass is 10.0. The van der Waals surface area contributed by atoms with Crippen molar-refractivity contribution in [2.45, 2.75) is 32.2 Å². The fourth-order valence-electron chi connectivity index (χ4n) is 1.17. The molecule has 0 saturated carbocycles. The lowest BCUT2D eigenvalue weighted by molar-refractivity contribution is 0.0955. The van der Waals surface area contributed by atoms with E-state index in [0.29, 0.717) is 5.56 Å². The first-order valence-corrected chi connectivity index (χ1v) is 4.57. The van der Waals surface area contributed by atoms with Gasteiger partial charge in [0, 0.05) is 0 Å². The van der Waals surface area contributed by atoms with E-state index in [1.807, 2.05) is 0 Å². The minimum Gasteiger partial charge on any atom is -0.472 e. The summed E-state index contributed by atoms with van der Waals surface area (Å²) in [5, 5.41) is 0. The molecule has 0 fully saturated rings. The van der Waals surface area contributed by atoms with Gasteiger partial charge in [0.1, 0.15) is 6.26 Å². The van der Waals surface area contributed by atoms with E-state index in [0.717, 1.165) is 19.3 Å². The topological polar surface area (TPSA) is 56.2 Å². The molecule has 13 heavy (non-hydrogen) atoms. The highest BCUT2D eigenvalue weighted by Crippen LogP contribution is 2.07. The van der Waals surface area contributed by atoms with Crippen molar-refractivity contribution >= 4 is 5.78 Å². The second-order valence-electron chi connectivity index (χ2n) is 3.12. The molecule has 0 aliphatic heterocycles. The number of carbonyl (C=O) groups excluding carboxylic acids is 1. The Morgan fingerprint density at radius 2 is 2.46 bits per heavy atom. The van der Waals surface area contributed by atoms with Gasteiger partial charge >= 0.3 is 0 Å². The van der Waals surface area contributed by atoms with Crippen LogP contribution in [0.4, 0.5) is 0 Å². The number of hydrogen-bond acceptors (Lipinski definition) is 3. The summed E-state index contributed by atoms with van der Waals surface area (Å²) in [5.41, 5.74) is 6.28. The minimum absolute atomic E-state index is 0.0257. The summed E-state index contributed by atoms with van der Waals surface area (Å²) in [4.78, 5) is 11.5. The maximum absolute atomic E-state index is 11.5. The molecule has 0 saturated heterocycles. The van der Waals surface area contributed by atoms with Crippen LogP contribution in [0.15, 0.2) is 23.0 Å². The van der Waals surface area contributed by atoms with E-state index in [1.165, 1.54) is 12.5 Å². The zero-order valence-electron chi connectivity index (χ0n) is 7.82. The molecule has 0 radical (unpaired) electrons. The predicted molar refractivity (Wildman–Crippen MR) is 50.5 cm³/mol. The van der Waals surface area contributed by atoms with E-state index in [-0.39, 0.29) is 11.8 Å². The fourth-order valence-corrected chi connectivity index (χ4v) is 1.17. The first-order chi connectivity index (χ1) is 6.25. The number of hydrogen-bond donors (Lipinski definition) is 1. The molecule has 0 amide bonds. The Hall–Kier alpha value is -1.09. The smallest absolute Gasteiger partial charge is 0.182 e. The summed E-state index contributed by atoms with van der Waals surface area (Å²) in [6.45, 7) is 2.08. The first-order valence-electron chi connectivity index (χ1n) is 4.57. The number of ketones is 1. The van der Waals surface area contributed by atoms with Gasteiger partial charge in [-0.3, -0.25) is 4.79 Å². The van der Waals surface area contributed by atoms with Gasteiger partial charge in [-0.1, -0.05) is 19.8 Å². The van der Waals surface area contributed by atoms with Gasteiger partial charge in [0.25, 0.3) is 0 Å². The molecule has 0 aliphatic carbocycles. The summed E-state index contributed by atoms with van der Waals surface area (Å²) >= 11 is 0. The zero-order chi connectivity index (χ0) is 9.68. The molecule has 1 heterocycles. The zero-order valence-corrected chi connectivity index (χ0v) is 7.82. The Morgan fingerprint density at radius 3 is 3.00 bits per heavy atom. The average Bonchev–Trinajstić information content (AvgIpc) is 2.65. The molecule has 1 aromatic rings. The molecule has 3 nitrogen and oxygen atoms in total. The summed E-state index contributed by atoms with van der Waals surface area (Å²) < 4.78 is 4.81. The number of unbranched alkanes of at least 4 members (excludes halogenated alkanes) is 1. The fraction of sp³-hybridized carbons (Fsp3) is 0.500. The van der Waals surface area contributed by atoms with Gasteiger partial charge in [-0.25, -0.2) is 0 Å². The third kappa shape index (κ3) is 2.70. The molecule has 0 aliphatic rings. The molecule has 1 unspecified atom stereocenters. The molecule has 2 N–H and O–H groups in total. The Morgan fingerprint density at radius 1 is 1.69 bits per heavy atom. The van der Waals surface area contributed by atoms with Crippen LogP contribution in [0.1, 0.15) is 36.5 Å². The summed E-state index contributed by atoms with van der Waals surface area (Å²) in [7, 11) is 0. The van der Waals surface area contributed by atoms with Crippen LogP contribution in [0.2, 0.25) is 0 Å². The molecule has 1 atom stereocenters. The number of furan rings is 1. The number of rotatable bonds is 5. The van der Waals surface area contributed by atoms with Crippen molar-refractivity contribution < 1.29 is 9.21 Å². The quantitative estimate of drug-likeness (QED) is 0.706. The van der Waals surface area contributed by atoms with Crippen molar-refractivity contribution in [3.05, 3.63) is 24.2 Å². The van der Waals surface area contributed by atoms with Crippen molar-refractivity contribution in [1.29, 1.82) is 0 Å². The van der Waals surface area contributed by atoms with Crippen LogP contribution >= 0.6 is 0 Å². The Labute approximate surface area is 77.9 Å². The Bertz CT molecular complexity index is 254. The average molecular weight is 181 g/mol. The van der Waals surface area contributed by atoms with Gasteiger partial charge in [-0.05, 0) is 12.5 Å². The summed E-state index contributed by atoms with van der Waals surface area (Å²) in [6, 6.07) is 1.27. The normalized spacial score (nSPS) is 12.8. The van der Waals surface area contributed by atoms with E-state index in [1.54, 1.807) is 6.07 Å². The third-order valence-electron chi connectivity index (χ3n) is 2.01. The van der Waals surface area contributed by atoms with Crippen LogP contribution < -0.4 is 5.73 Å². The highest BCUT2D eigenvalue weighted by atomic mass is 16.3. The van der Waals surface area contributed by atoms with Crippen molar-refractivity contribution in [3.63, 3.8) is 0 Å². The molecule has 0 aromatic carbocycles. The van der Waals surface area contributed by atoms with Crippen LogP contribution in [0.3, 0.4) is 0 Å². The van der Waals surface area contributed by atoms with E-state index in [2.05, 4.69) is 6.92 Å². The molecular weight excluding hydrogens is 166 g/mol. The summed E-state index contributed by atoms with van der Waals surface area (Å²) in [6.07, 6.45) is 5.73. The van der Waals surface area contributed by atoms with Crippen LogP contribution in [0.5, 0.6) is 0 Å². The molecule has 1 rings (SSSR count). The van der Waals surface area contributed by atoms with Crippen molar-refractivity contribution in [2.75, 3.05) is 0 Å². The molecule has 1 aromatic heterocycles. The minimum atomic E-state index is -0.377.